The lowest BCUT2D eigenvalue weighted by Crippen LogP contribution is -2.42. The standard InChI is InChI=1S/C34H43N3O5/c1-8-39-24(2)31-35-20-19-27(36-31)22-40-29-15-11-25(12-16-29)34(6,7)26-13-17-30(18-14-26)41-23-28-10-9-21-37(28)32(38)42-33(3,4)5/h11-20,28H,2,8-10,21-23H2,1,3-7H3. The van der Waals surface area contributed by atoms with Crippen molar-refractivity contribution in [2.24, 2.45) is 0 Å². The molecule has 42 heavy (non-hydrogen) atoms. The highest BCUT2D eigenvalue weighted by molar-refractivity contribution is 5.69. The Hall–Kier alpha value is -4.07. The molecule has 8 nitrogen and oxygen atoms in total. The van der Waals surface area contributed by atoms with Crippen molar-refractivity contribution in [3.05, 3.63) is 90.0 Å². The molecule has 1 aliphatic rings. The van der Waals surface area contributed by atoms with Crippen molar-refractivity contribution in [1.29, 1.82) is 0 Å². The van der Waals surface area contributed by atoms with Crippen LogP contribution in [0.2, 0.25) is 0 Å². The van der Waals surface area contributed by atoms with Gasteiger partial charge in [-0.1, -0.05) is 44.7 Å². The molecule has 1 unspecified atom stereocenters. The van der Waals surface area contributed by atoms with Crippen molar-refractivity contribution >= 4 is 11.9 Å². The lowest BCUT2D eigenvalue weighted by atomic mass is 9.78. The summed E-state index contributed by atoms with van der Waals surface area (Å²) < 4.78 is 23.1. The number of carbonyl (C=O) groups is 1. The second-order valence-corrected chi connectivity index (χ2v) is 12.0. The number of nitrogens with zero attached hydrogens (tertiary/aromatic N) is 3. The molecule has 224 valence electrons. The maximum absolute atomic E-state index is 12.6. The van der Waals surface area contributed by atoms with Crippen molar-refractivity contribution in [1.82, 2.24) is 14.9 Å². The molecule has 1 aliphatic heterocycles. The monoisotopic (exact) mass is 573 g/mol. The van der Waals surface area contributed by atoms with Crippen molar-refractivity contribution < 1.29 is 23.7 Å². The summed E-state index contributed by atoms with van der Waals surface area (Å²) in [6.07, 6.45) is 3.28. The largest absolute Gasteiger partial charge is 0.491 e. The van der Waals surface area contributed by atoms with Gasteiger partial charge in [-0.15, -0.1) is 0 Å². The van der Waals surface area contributed by atoms with E-state index >= 15 is 0 Å². The molecule has 1 amide bonds. The van der Waals surface area contributed by atoms with Crippen LogP contribution in [-0.2, 0) is 21.5 Å². The first-order valence-electron chi connectivity index (χ1n) is 14.6. The molecule has 1 fully saturated rings. The second-order valence-electron chi connectivity index (χ2n) is 12.0. The van der Waals surface area contributed by atoms with Crippen LogP contribution < -0.4 is 9.47 Å². The van der Waals surface area contributed by atoms with Crippen LogP contribution in [0.15, 0.2) is 67.4 Å². The minimum absolute atomic E-state index is 0.0163. The molecule has 0 radical (unpaired) electrons. The molecule has 4 rings (SSSR count). The number of likely N-dealkylation sites (tertiary alicyclic amines) is 1. The SMILES string of the molecule is C=C(OCC)c1nccc(COc2ccc(C(C)(C)c3ccc(OCC4CCCN4C(=O)OC(C)(C)C)cc3)cc2)n1. The van der Waals surface area contributed by atoms with Gasteiger partial charge in [-0.05, 0) is 82.0 Å². The van der Waals surface area contributed by atoms with Crippen LogP contribution in [0.4, 0.5) is 4.79 Å². The van der Waals surface area contributed by atoms with Crippen LogP contribution >= 0.6 is 0 Å². The van der Waals surface area contributed by atoms with Gasteiger partial charge in [-0.25, -0.2) is 14.8 Å². The molecule has 0 aliphatic carbocycles. The number of carbonyl (C=O) groups excluding carboxylic acids is 1. The fraction of sp³-hybridized carbons (Fsp3) is 0.441. The number of aromatic nitrogens is 2. The van der Waals surface area contributed by atoms with Crippen molar-refractivity contribution in [2.45, 2.75) is 78.0 Å². The first-order chi connectivity index (χ1) is 20.0. The number of hydrogen-bond acceptors (Lipinski definition) is 7. The topological polar surface area (TPSA) is 83.0 Å². The Bertz CT molecular complexity index is 1350. The molecule has 2 aromatic carbocycles. The highest BCUT2D eigenvalue weighted by Crippen LogP contribution is 2.33. The number of benzene rings is 2. The summed E-state index contributed by atoms with van der Waals surface area (Å²) in [6, 6.07) is 18.2. The zero-order chi connectivity index (χ0) is 30.3. The van der Waals surface area contributed by atoms with Gasteiger partial charge in [-0.3, -0.25) is 0 Å². The third kappa shape index (κ3) is 8.02. The summed E-state index contributed by atoms with van der Waals surface area (Å²) >= 11 is 0. The Balaban J connectivity index is 1.32. The summed E-state index contributed by atoms with van der Waals surface area (Å²) in [4.78, 5) is 23.1. The average molecular weight is 574 g/mol. The summed E-state index contributed by atoms with van der Waals surface area (Å²) in [5.74, 6) is 2.46. The Kier molecular flexibility index (Phi) is 9.76. The smallest absolute Gasteiger partial charge is 0.410 e. The van der Waals surface area contributed by atoms with Gasteiger partial charge in [0.2, 0.25) is 0 Å². The molecule has 2 heterocycles. The van der Waals surface area contributed by atoms with Crippen LogP contribution in [0, 0.1) is 0 Å². The van der Waals surface area contributed by atoms with E-state index in [1.54, 1.807) is 11.1 Å². The van der Waals surface area contributed by atoms with E-state index in [-0.39, 0.29) is 17.6 Å². The molecule has 1 saturated heterocycles. The molecule has 0 bridgehead atoms. The normalized spacial score (nSPS) is 15.3. The quantitative estimate of drug-likeness (QED) is 0.225. The number of ether oxygens (including phenoxy) is 4. The Morgan fingerprint density at radius 2 is 1.57 bits per heavy atom. The Morgan fingerprint density at radius 3 is 2.17 bits per heavy atom. The maximum atomic E-state index is 12.6. The van der Waals surface area contributed by atoms with E-state index in [2.05, 4.69) is 54.7 Å². The Labute approximate surface area is 249 Å². The molecule has 1 aromatic heterocycles. The van der Waals surface area contributed by atoms with Gasteiger partial charge >= 0.3 is 6.09 Å². The van der Waals surface area contributed by atoms with Gasteiger partial charge in [0, 0.05) is 18.2 Å². The van der Waals surface area contributed by atoms with Gasteiger partial charge in [-0.2, -0.15) is 0 Å². The molecule has 3 aromatic rings. The predicted octanol–water partition coefficient (Wildman–Crippen LogP) is 7.17. The van der Waals surface area contributed by atoms with E-state index in [9.17, 15) is 4.79 Å². The lowest BCUT2D eigenvalue weighted by molar-refractivity contribution is 0.0187. The molecule has 0 spiro atoms. The molecule has 0 saturated carbocycles. The number of hydrogen-bond donors (Lipinski definition) is 0. The van der Waals surface area contributed by atoms with E-state index in [1.807, 2.05) is 58.0 Å². The maximum Gasteiger partial charge on any atom is 0.410 e. The molecular weight excluding hydrogens is 530 g/mol. The van der Waals surface area contributed by atoms with E-state index in [4.69, 9.17) is 18.9 Å². The molecule has 0 N–H and O–H groups in total. The molecule has 1 atom stereocenters. The minimum Gasteiger partial charge on any atom is -0.491 e. The zero-order valence-electron chi connectivity index (χ0n) is 25.7. The first-order valence-corrected chi connectivity index (χ1v) is 14.6. The van der Waals surface area contributed by atoms with Crippen LogP contribution in [0.3, 0.4) is 0 Å². The van der Waals surface area contributed by atoms with Crippen LogP contribution in [0.25, 0.3) is 5.76 Å². The van der Waals surface area contributed by atoms with Crippen LogP contribution in [-0.4, -0.2) is 52.4 Å². The predicted molar refractivity (Wildman–Crippen MR) is 163 cm³/mol. The van der Waals surface area contributed by atoms with E-state index in [0.29, 0.717) is 37.9 Å². The third-order valence-corrected chi connectivity index (χ3v) is 7.27. The highest BCUT2D eigenvalue weighted by atomic mass is 16.6. The van der Waals surface area contributed by atoms with E-state index in [0.717, 1.165) is 30.0 Å². The third-order valence-electron chi connectivity index (χ3n) is 7.27. The summed E-state index contributed by atoms with van der Waals surface area (Å²) in [5.41, 5.74) is 2.35. The molecular formula is C34H43N3O5. The van der Waals surface area contributed by atoms with Gasteiger partial charge < -0.3 is 23.8 Å². The number of amides is 1. The first kappa shape index (κ1) is 30.9. The fourth-order valence-corrected chi connectivity index (χ4v) is 4.87. The minimum atomic E-state index is -0.511. The second kappa shape index (κ2) is 13.3. The fourth-order valence-electron chi connectivity index (χ4n) is 4.87. The van der Waals surface area contributed by atoms with Gasteiger partial charge in [0.05, 0.1) is 18.3 Å². The highest BCUT2D eigenvalue weighted by Gasteiger charge is 2.32. The number of rotatable bonds is 11. The summed E-state index contributed by atoms with van der Waals surface area (Å²) in [5, 5.41) is 0. The van der Waals surface area contributed by atoms with Gasteiger partial charge in [0.15, 0.2) is 11.6 Å². The molecule has 8 heteroatoms. The van der Waals surface area contributed by atoms with Gasteiger partial charge in [0.25, 0.3) is 0 Å². The Morgan fingerprint density at radius 1 is 0.952 bits per heavy atom. The van der Waals surface area contributed by atoms with Crippen molar-refractivity contribution in [3.8, 4) is 11.5 Å². The van der Waals surface area contributed by atoms with Crippen molar-refractivity contribution in [3.63, 3.8) is 0 Å². The van der Waals surface area contributed by atoms with E-state index in [1.165, 1.54) is 11.1 Å². The average Bonchev–Trinajstić information content (AvgIpc) is 3.44. The summed E-state index contributed by atoms with van der Waals surface area (Å²) in [7, 11) is 0. The van der Waals surface area contributed by atoms with Crippen LogP contribution in [0.5, 0.6) is 11.5 Å². The lowest BCUT2D eigenvalue weighted by Gasteiger charge is -2.29. The van der Waals surface area contributed by atoms with E-state index < -0.39 is 5.60 Å². The van der Waals surface area contributed by atoms with Crippen molar-refractivity contribution in [2.75, 3.05) is 19.8 Å². The zero-order valence-corrected chi connectivity index (χ0v) is 25.7. The van der Waals surface area contributed by atoms with Gasteiger partial charge in [0.1, 0.15) is 30.3 Å². The summed E-state index contributed by atoms with van der Waals surface area (Å²) in [6.45, 7) is 17.8. The van der Waals surface area contributed by atoms with Crippen LogP contribution in [0.1, 0.15) is 77.0 Å².